The lowest BCUT2D eigenvalue weighted by Crippen LogP contribution is -2.54. The fourth-order valence-corrected chi connectivity index (χ4v) is 2.16. The van der Waals surface area contributed by atoms with E-state index in [1.165, 1.54) is 18.2 Å². The van der Waals surface area contributed by atoms with E-state index in [4.69, 9.17) is 4.74 Å². The highest BCUT2D eigenvalue weighted by Crippen LogP contribution is 2.20. The first-order valence-electron chi connectivity index (χ1n) is 6.59. The monoisotopic (exact) mass is 279 g/mol. The van der Waals surface area contributed by atoms with Crippen LogP contribution in [0.5, 0.6) is 0 Å². The third-order valence-corrected chi connectivity index (χ3v) is 3.46. The summed E-state index contributed by atoms with van der Waals surface area (Å²) >= 11 is 0. The number of benzene rings is 1. The molecule has 0 radical (unpaired) electrons. The van der Waals surface area contributed by atoms with Gasteiger partial charge >= 0.3 is 0 Å². The van der Waals surface area contributed by atoms with E-state index >= 15 is 0 Å². The first kappa shape index (κ1) is 14.7. The number of ether oxygens (including phenoxy) is 1. The van der Waals surface area contributed by atoms with Crippen LogP contribution in [0.25, 0.3) is 6.08 Å². The quantitative estimate of drug-likeness (QED) is 0.821. The van der Waals surface area contributed by atoms with Crippen molar-refractivity contribution in [2.24, 2.45) is 0 Å². The van der Waals surface area contributed by atoms with Gasteiger partial charge in [-0.15, -0.1) is 0 Å². The number of hydrogen-bond donors (Lipinski definition) is 2. The maximum absolute atomic E-state index is 13.4. The van der Waals surface area contributed by atoms with Gasteiger partial charge in [0.05, 0.1) is 12.1 Å². The summed E-state index contributed by atoms with van der Waals surface area (Å²) < 4.78 is 18.6. The van der Waals surface area contributed by atoms with Crippen LogP contribution < -0.4 is 5.32 Å². The molecule has 0 aromatic heterocycles. The van der Waals surface area contributed by atoms with Crippen molar-refractivity contribution in [1.29, 1.82) is 0 Å². The average molecular weight is 279 g/mol. The second kappa shape index (κ2) is 6.63. The topological polar surface area (TPSA) is 58.6 Å². The van der Waals surface area contributed by atoms with Crippen LogP contribution >= 0.6 is 0 Å². The van der Waals surface area contributed by atoms with Crippen LogP contribution in [-0.4, -0.2) is 36.4 Å². The Morgan fingerprint density at radius 1 is 1.40 bits per heavy atom. The largest absolute Gasteiger partial charge is 0.394 e. The summed E-state index contributed by atoms with van der Waals surface area (Å²) in [4.78, 5) is 11.9. The van der Waals surface area contributed by atoms with E-state index < -0.39 is 5.54 Å². The molecule has 2 N–H and O–H groups in total. The third-order valence-electron chi connectivity index (χ3n) is 3.46. The Kier molecular flexibility index (Phi) is 4.87. The number of carbonyl (C=O) groups is 1. The highest BCUT2D eigenvalue weighted by molar-refractivity contribution is 5.92. The van der Waals surface area contributed by atoms with Crippen molar-refractivity contribution in [3.8, 4) is 0 Å². The van der Waals surface area contributed by atoms with Gasteiger partial charge in [0.25, 0.3) is 0 Å². The van der Waals surface area contributed by atoms with Gasteiger partial charge in [0, 0.05) is 24.9 Å². The summed E-state index contributed by atoms with van der Waals surface area (Å²) in [5.74, 6) is -0.719. The lowest BCUT2D eigenvalue weighted by atomic mass is 9.91. The lowest BCUT2D eigenvalue weighted by molar-refractivity contribution is -0.120. The Morgan fingerprint density at radius 2 is 2.10 bits per heavy atom. The second-order valence-corrected chi connectivity index (χ2v) is 4.89. The molecular weight excluding hydrogens is 261 g/mol. The number of aliphatic hydroxyl groups is 1. The highest BCUT2D eigenvalue weighted by atomic mass is 19.1. The molecule has 1 aromatic carbocycles. The Morgan fingerprint density at radius 3 is 2.75 bits per heavy atom. The molecule has 4 nitrogen and oxygen atoms in total. The molecular formula is C15H18FNO3. The molecule has 1 amide bonds. The molecule has 5 heteroatoms. The smallest absolute Gasteiger partial charge is 0.244 e. The van der Waals surface area contributed by atoms with Gasteiger partial charge < -0.3 is 15.2 Å². The zero-order valence-electron chi connectivity index (χ0n) is 11.1. The average Bonchev–Trinajstić information content (AvgIpc) is 2.47. The van der Waals surface area contributed by atoms with E-state index in [0.29, 0.717) is 31.6 Å². The van der Waals surface area contributed by atoms with E-state index in [2.05, 4.69) is 5.32 Å². The zero-order valence-corrected chi connectivity index (χ0v) is 11.1. The van der Waals surface area contributed by atoms with Gasteiger partial charge in [0.1, 0.15) is 5.82 Å². The summed E-state index contributed by atoms with van der Waals surface area (Å²) in [6, 6.07) is 6.23. The molecule has 0 aliphatic carbocycles. The number of nitrogens with one attached hydrogen (secondary N) is 1. The molecule has 1 fully saturated rings. The fourth-order valence-electron chi connectivity index (χ4n) is 2.16. The van der Waals surface area contributed by atoms with Crippen molar-refractivity contribution in [3.05, 3.63) is 41.7 Å². The van der Waals surface area contributed by atoms with Crippen LogP contribution in [0, 0.1) is 5.82 Å². The third kappa shape index (κ3) is 3.65. The van der Waals surface area contributed by atoms with Gasteiger partial charge in [-0.25, -0.2) is 4.39 Å². The predicted octanol–water partition coefficient (Wildman–Crippen LogP) is 1.50. The minimum absolute atomic E-state index is 0.129. The molecule has 0 unspecified atom stereocenters. The Balaban J connectivity index is 1.99. The van der Waals surface area contributed by atoms with Crippen molar-refractivity contribution in [2.45, 2.75) is 18.4 Å². The predicted molar refractivity (Wildman–Crippen MR) is 73.4 cm³/mol. The van der Waals surface area contributed by atoms with Crippen LogP contribution in [-0.2, 0) is 9.53 Å². The van der Waals surface area contributed by atoms with Gasteiger partial charge in [0.15, 0.2) is 0 Å². The van der Waals surface area contributed by atoms with Crippen LogP contribution in [0.15, 0.2) is 30.3 Å². The molecule has 108 valence electrons. The highest BCUT2D eigenvalue weighted by Gasteiger charge is 2.32. The maximum Gasteiger partial charge on any atom is 0.244 e. The zero-order chi connectivity index (χ0) is 14.4. The van der Waals surface area contributed by atoms with Crippen LogP contribution in [0.4, 0.5) is 4.39 Å². The number of amides is 1. The Bertz CT molecular complexity index is 496. The molecule has 0 atom stereocenters. The minimum Gasteiger partial charge on any atom is -0.394 e. The maximum atomic E-state index is 13.4. The molecule has 1 heterocycles. The molecule has 1 aromatic rings. The number of halogens is 1. The van der Waals surface area contributed by atoms with E-state index in [1.54, 1.807) is 18.2 Å². The molecule has 1 aliphatic heterocycles. The number of rotatable bonds is 4. The summed E-state index contributed by atoms with van der Waals surface area (Å²) in [7, 11) is 0. The molecule has 0 saturated carbocycles. The standard InChI is InChI=1S/C15H18FNO3/c16-13-4-2-1-3-12(13)5-6-14(19)17-15(11-18)7-9-20-10-8-15/h1-6,18H,7-11H2,(H,17,19)/b6-5+. The van der Waals surface area contributed by atoms with Gasteiger partial charge in [-0.3, -0.25) is 4.79 Å². The summed E-state index contributed by atoms with van der Waals surface area (Å²) in [5.41, 5.74) is -0.276. The van der Waals surface area contributed by atoms with Crippen LogP contribution in [0.3, 0.4) is 0 Å². The Labute approximate surface area is 117 Å². The van der Waals surface area contributed by atoms with Gasteiger partial charge in [-0.05, 0) is 25.0 Å². The van der Waals surface area contributed by atoms with Crippen molar-refractivity contribution in [2.75, 3.05) is 19.8 Å². The number of hydrogen-bond acceptors (Lipinski definition) is 3. The van der Waals surface area contributed by atoms with Crippen molar-refractivity contribution in [3.63, 3.8) is 0 Å². The van der Waals surface area contributed by atoms with E-state index in [1.807, 2.05) is 0 Å². The molecule has 0 spiro atoms. The molecule has 1 aliphatic rings. The SMILES string of the molecule is O=C(/C=C/c1ccccc1F)NC1(CO)CCOCC1. The number of aliphatic hydroxyl groups excluding tert-OH is 1. The van der Waals surface area contributed by atoms with Gasteiger partial charge in [-0.1, -0.05) is 18.2 Å². The van der Waals surface area contributed by atoms with Crippen LogP contribution in [0.2, 0.25) is 0 Å². The van der Waals surface area contributed by atoms with Crippen LogP contribution in [0.1, 0.15) is 18.4 Å². The summed E-state index contributed by atoms with van der Waals surface area (Å²) in [6.45, 7) is 0.894. The summed E-state index contributed by atoms with van der Waals surface area (Å²) in [5, 5.41) is 12.3. The van der Waals surface area contributed by atoms with E-state index in [0.717, 1.165) is 0 Å². The summed E-state index contributed by atoms with van der Waals surface area (Å²) in [6.07, 6.45) is 3.85. The lowest BCUT2D eigenvalue weighted by Gasteiger charge is -2.35. The van der Waals surface area contributed by atoms with Crippen molar-refractivity contribution >= 4 is 12.0 Å². The normalized spacial score (nSPS) is 18.1. The molecule has 1 saturated heterocycles. The van der Waals surface area contributed by atoms with Gasteiger partial charge in [0.2, 0.25) is 5.91 Å². The van der Waals surface area contributed by atoms with E-state index in [-0.39, 0.29) is 18.3 Å². The van der Waals surface area contributed by atoms with Crippen molar-refractivity contribution in [1.82, 2.24) is 5.32 Å². The first-order valence-corrected chi connectivity index (χ1v) is 6.59. The Hall–Kier alpha value is -1.72. The van der Waals surface area contributed by atoms with E-state index in [9.17, 15) is 14.3 Å². The molecule has 0 bridgehead atoms. The number of carbonyl (C=O) groups excluding carboxylic acids is 1. The fraction of sp³-hybridized carbons (Fsp3) is 0.400. The van der Waals surface area contributed by atoms with Gasteiger partial charge in [-0.2, -0.15) is 0 Å². The minimum atomic E-state index is -0.630. The second-order valence-electron chi connectivity index (χ2n) is 4.89. The van der Waals surface area contributed by atoms with Crippen molar-refractivity contribution < 1.29 is 19.0 Å². The molecule has 2 rings (SSSR count). The first-order chi connectivity index (χ1) is 9.65. The molecule has 20 heavy (non-hydrogen) atoms.